The second-order valence-electron chi connectivity index (χ2n) is 12.4. The maximum absolute atomic E-state index is 13.6. The molecule has 0 bridgehead atoms. The number of benzene rings is 4. The van der Waals surface area contributed by atoms with Crippen LogP contribution in [0, 0.1) is 11.6 Å². The predicted octanol–water partition coefficient (Wildman–Crippen LogP) is 12.2. The lowest BCUT2D eigenvalue weighted by molar-refractivity contribution is 0.0593. The normalized spacial score (nSPS) is 11.0. The molecular weight excluding hydrogens is 782 g/mol. The van der Waals surface area contributed by atoms with Gasteiger partial charge in [0.25, 0.3) is 0 Å². The lowest BCUT2D eigenvalue weighted by Gasteiger charge is -2.05. The van der Waals surface area contributed by atoms with E-state index in [-0.39, 0.29) is 23.0 Å². The number of methoxy groups -OCH3 is 1. The van der Waals surface area contributed by atoms with Crippen LogP contribution >= 0.6 is 45.9 Å². The number of fused-ring (bicyclic) bond motifs is 2. The Morgan fingerprint density at radius 1 is 0.636 bits per heavy atom. The zero-order valence-corrected chi connectivity index (χ0v) is 32.0. The molecule has 0 amide bonds. The SMILES string of the molecule is COC(=O)c1cccc(-c2cccc3cc(Cc4cc(F)cc(Cl)c4)sc23)n1.O=C(O)c1cccc(-c2cccc3cc(Cc4cc(F)cc(Cl)c4)sc23)n1. The number of hydrogen-bond donors (Lipinski definition) is 1. The van der Waals surface area contributed by atoms with Crippen molar-refractivity contribution in [2.75, 3.05) is 7.11 Å². The number of aromatic nitrogens is 2. The zero-order chi connectivity index (χ0) is 38.6. The molecule has 1 N–H and O–H groups in total. The fraction of sp³-hybridized carbons (Fsp3) is 0.0698. The highest BCUT2D eigenvalue weighted by atomic mass is 35.5. The number of aromatic carboxylic acids is 1. The number of hydrogen-bond acceptors (Lipinski definition) is 7. The van der Waals surface area contributed by atoms with Crippen LogP contribution in [0.4, 0.5) is 8.78 Å². The zero-order valence-electron chi connectivity index (χ0n) is 28.9. The molecule has 0 aliphatic heterocycles. The van der Waals surface area contributed by atoms with Crippen LogP contribution in [-0.4, -0.2) is 34.1 Å². The van der Waals surface area contributed by atoms with Crippen LogP contribution in [0.3, 0.4) is 0 Å². The molecule has 0 aliphatic carbocycles. The molecule has 55 heavy (non-hydrogen) atoms. The molecule has 8 rings (SSSR count). The first kappa shape index (κ1) is 37.8. The molecule has 0 aliphatic rings. The van der Waals surface area contributed by atoms with Crippen molar-refractivity contribution in [3.8, 4) is 22.5 Å². The summed E-state index contributed by atoms with van der Waals surface area (Å²) in [4.78, 5) is 33.9. The predicted molar refractivity (Wildman–Crippen MR) is 217 cm³/mol. The average molecular weight is 810 g/mol. The Kier molecular flexibility index (Phi) is 11.3. The van der Waals surface area contributed by atoms with E-state index in [1.807, 2.05) is 42.5 Å². The van der Waals surface area contributed by atoms with E-state index in [2.05, 4.69) is 22.1 Å². The first-order valence-electron chi connectivity index (χ1n) is 16.7. The summed E-state index contributed by atoms with van der Waals surface area (Å²) in [5, 5.41) is 12.1. The standard InChI is InChI=1S/C22H15ClFNO2S.C21H13ClFNO2S/c1-27-22(26)20-7-3-6-19(25-20)18-5-2-4-14-11-17(28-21(14)18)10-13-8-15(23)12-16(24)9-13;22-14-7-12(8-15(23)11-14)9-16-10-13-3-1-4-17(20(13)27-16)18-5-2-6-19(24-18)21(25)26/h2-9,11-12H,10H2,1H3;1-8,10-11H,9H2,(H,25,26). The minimum absolute atomic E-state index is 0.00989. The number of pyridine rings is 2. The molecule has 8 aromatic rings. The minimum atomic E-state index is -1.06. The first-order chi connectivity index (χ1) is 26.5. The summed E-state index contributed by atoms with van der Waals surface area (Å²) in [5.41, 5.74) is 5.04. The molecule has 0 fully saturated rings. The Labute approximate surface area is 332 Å². The molecule has 12 heteroatoms. The van der Waals surface area contributed by atoms with E-state index in [0.29, 0.717) is 34.3 Å². The van der Waals surface area contributed by atoms with Crippen molar-refractivity contribution in [1.82, 2.24) is 9.97 Å². The molecule has 0 unspecified atom stereocenters. The van der Waals surface area contributed by atoms with E-state index in [4.69, 9.17) is 27.9 Å². The molecule has 0 radical (unpaired) electrons. The van der Waals surface area contributed by atoms with Crippen LogP contribution < -0.4 is 0 Å². The average Bonchev–Trinajstić information content (AvgIpc) is 3.77. The lowest BCUT2D eigenvalue weighted by Crippen LogP contribution is -2.04. The van der Waals surface area contributed by atoms with E-state index in [9.17, 15) is 23.5 Å². The van der Waals surface area contributed by atoms with Gasteiger partial charge >= 0.3 is 11.9 Å². The summed E-state index contributed by atoms with van der Waals surface area (Å²) < 4.78 is 34.1. The van der Waals surface area contributed by atoms with Gasteiger partial charge in [-0.3, -0.25) is 0 Å². The van der Waals surface area contributed by atoms with Gasteiger partial charge in [-0.25, -0.2) is 28.3 Å². The number of ether oxygens (including phenoxy) is 1. The Hall–Kier alpha value is -5.52. The highest BCUT2D eigenvalue weighted by molar-refractivity contribution is 7.20. The van der Waals surface area contributed by atoms with Gasteiger partial charge in [-0.1, -0.05) is 71.7 Å². The third-order valence-electron chi connectivity index (χ3n) is 8.46. The molecule has 0 spiro atoms. The number of nitrogens with zero attached hydrogens (tertiary/aromatic N) is 2. The maximum atomic E-state index is 13.6. The largest absolute Gasteiger partial charge is 0.477 e. The Balaban J connectivity index is 0.000000169. The van der Waals surface area contributed by atoms with Gasteiger partial charge in [0.05, 0.1) is 18.5 Å². The molecule has 0 saturated heterocycles. The van der Waals surface area contributed by atoms with Gasteiger partial charge in [0.2, 0.25) is 0 Å². The maximum Gasteiger partial charge on any atom is 0.356 e. The monoisotopic (exact) mass is 808 g/mol. The van der Waals surface area contributed by atoms with Crippen LogP contribution in [0.15, 0.2) is 121 Å². The van der Waals surface area contributed by atoms with Gasteiger partial charge in [-0.15, -0.1) is 22.7 Å². The summed E-state index contributed by atoms with van der Waals surface area (Å²) >= 11 is 15.1. The third-order valence-corrected chi connectivity index (χ3v) is 11.3. The summed E-state index contributed by atoms with van der Waals surface area (Å²) in [5.74, 6) is -2.22. The molecule has 4 aromatic heterocycles. The highest BCUT2D eigenvalue weighted by Crippen LogP contribution is 2.37. The summed E-state index contributed by atoms with van der Waals surface area (Å²) in [7, 11) is 1.33. The van der Waals surface area contributed by atoms with Crippen molar-refractivity contribution in [3.63, 3.8) is 0 Å². The molecule has 4 heterocycles. The number of carbonyl (C=O) groups is 2. The number of rotatable bonds is 8. The van der Waals surface area contributed by atoms with Gasteiger partial charge in [0.15, 0.2) is 0 Å². The van der Waals surface area contributed by atoms with Crippen molar-refractivity contribution >= 4 is 78.0 Å². The number of thiophene rings is 2. The fourth-order valence-corrected chi connectivity index (χ4v) is 9.06. The van der Waals surface area contributed by atoms with Crippen molar-refractivity contribution in [3.05, 3.63) is 175 Å². The van der Waals surface area contributed by atoms with E-state index in [1.165, 1.54) is 37.4 Å². The smallest absolute Gasteiger partial charge is 0.356 e. The molecule has 0 saturated carbocycles. The second kappa shape index (κ2) is 16.5. The minimum Gasteiger partial charge on any atom is -0.477 e. The van der Waals surface area contributed by atoms with Crippen LogP contribution in [0.2, 0.25) is 10.0 Å². The topological polar surface area (TPSA) is 89.4 Å². The van der Waals surface area contributed by atoms with E-state index >= 15 is 0 Å². The third kappa shape index (κ3) is 8.90. The number of esters is 1. The van der Waals surface area contributed by atoms with E-state index < -0.39 is 11.9 Å². The van der Waals surface area contributed by atoms with Gasteiger partial charge in [0, 0.05) is 53.2 Å². The molecule has 4 aromatic carbocycles. The van der Waals surface area contributed by atoms with Crippen molar-refractivity contribution in [2.45, 2.75) is 12.8 Å². The van der Waals surface area contributed by atoms with Gasteiger partial charge in [0.1, 0.15) is 23.0 Å². The summed E-state index contributed by atoms with van der Waals surface area (Å²) in [6.45, 7) is 0. The molecular formula is C43H28Cl2F2N2O4S2. The molecule has 0 atom stereocenters. The fourth-order valence-electron chi connectivity index (χ4n) is 6.15. The van der Waals surface area contributed by atoms with Crippen LogP contribution in [0.5, 0.6) is 0 Å². The Morgan fingerprint density at radius 3 is 1.55 bits per heavy atom. The van der Waals surface area contributed by atoms with Crippen LogP contribution in [0.1, 0.15) is 41.9 Å². The van der Waals surface area contributed by atoms with E-state index in [0.717, 1.165) is 52.2 Å². The van der Waals surface area contributed by atoms with Gasteiger partial charge in [-0.2, -0.15) is 0 Å². The van der Waals surface area contributed by atoms with Gasteiger partial charge < -0.3 is 9.84 Å². The van der Waals surface area contributed by atoms with Crippen molar-refractivity contribution in [2.24, 2.45) is 0 Å². The number of halogens is 4. The molecule has 6 nitrogen and oxygen atoms in total. The summed E-state index contributed by atoms with van der Waals surface area (Å²) in [6, 6.07) is 35.3. The van der Waals surface area contributed by atoms with Crippen LogP contribution in [-0.2, 0) is 17.6 Å². The van der Waals surface area contributed by atoms with E-state index in [1.54, 1.807) is 59.1 Å². The quantitative estimate of drug-likeness (QED) is 0.154. The Bertz CT molecular complexity index is 2690. The Morgan fingerprint density at radius 2 is 1.09 bits per heavy atom. The first-order valence-corrected chi connectivity index (χ1v) is 19.1. The van der Waals surface area contributed by atoms with Crippen LogP contribution in [0.25, 0.3) is 42.7 Å². The number of carboxylic acids is 1. The summed E-state index contributed by atoms with van der Waals surface area (Å²) in [6.07, 6.45) is 1.16. The number of carboxylic acid groups (broad SMARTS) is 1. The highest BCUT2D eigenvalue weighted by Gasteiger charge is 2.15. The van der Waals surface area contributed by atoms with Crippen molar-refractivity contribution < 1.29 is 28.2 Å². The van der Waals surface area contributed by atoms with Crippen molar-refractivity contribution in [1.29, 1.82) is 0 Å². The second-order valence-corrected chi connectivity index (χ2v) is 15.5. The molecule has 274 valence electrons. The van der Waals surface area contributed by atoms with Gasteiger partial charge in [-0.05, 0) is 94.7 Å². The number of carbonyl (C=O) groups excluding carboxylic acids is 1. The lowest BCUT2D eigenvalue weighted by atomic mass is 10.1.